The Labute approximate surface area is 202 Å². The predicted octanol–water partition coefficient (Wildman–Crippen LogP) is 3.80. The zero-order valence-electron chi connectivity index (χ0n) is 19.0. The van der Waals surface area contributed by atoms with Crippen molar-refractivity contribution in [2.45, 2.75) is 18.9 Å². The molecule has 0 spiro atoms. The van der Waals surface area contributed by atoms with Crippen LogP contribution in [0.3, 0.4) is 0 Å². The number of esters is 1. The molecule has 0 N–H and O–H groups in total. The van der Waals surface area contributed by atoms with E-state index in [1.54, 1.807) is 18.3 Å². The normalized spacial score (nSPS) is 30.8. The Balaban J connectivity index is 1.25. The number of allylic oxidation sites excluding steroid dienone is 2. The molecular formula is C29H24N2O4. The summed E-state index contributed by atoms with van der Waals surface area (Å²) < 4.78 is 5.86. The first kappa shape index (κ1) is 20.6. The second kappa shape index (κ2) is 7.60. The van der Waals surface area contributed by atoms with Crippen LogP contribution in [0.25, 0.3) is 10.9 Å². The molecule has 6 nitrogen and oxygen atoms in total. The van der Waals surface area contributed by atoms with Crippen LogP contribution in [0.2, 0.25) is 0 Å². The van der Waals surface area contributed by atoms with Gasteiger partial charge in [-0.15, -0.1) is 0 Å². The number of hydrogen-bond acceptors (Lipinski definition) is 5. The molecule has 174 valence electrons. The molecule has 4 aliphatic carbocycles. The molecule has 0 unspecified atom stereocenters. The molecule has 1 saturated heterocycles. The Morgan fingerprint density at radius 2 is 1.60 bits per heavy atom. The Morgan fingerprint density at radius 1 is 0.914 bits per heavy atom. The smallest absolute Gasteiger partial charge is 0.335 e. The quantitative estimate of drug-likeness (QED) is 0.248. The first-order valence-electron chi connectivity index (χ1n) is 12.3. The minimum Gasteiger partial charge on any atom is -0.423 e. The van der Waals surface area contributed by atoms with Gasteiger partial charge in [-0.25, -0.2) is 4.79 Å². The molecule has 2 saturated carbocycles. The number of amides is 2. The first-order chi connectivity index (χ1) is 17.1. The van der Waals surface area contributed by atoms with Crippen LogP contribution in [0.15, 0.2) is 79.0 Å². The molecule has 3 aromatic rings. The summed E-state index contributed by atoms with van der Waals surface area (Å²) >= 11 is 0. The third kappa shape index (κ3) is 3.09. The summed E-state index contributed by atoms with van der Waals surface area (Å²) in [6.07, 6.45) is 7.24. The van der Waals surface area contributed by atoms with E-state index in [9.17, 15) is 14.4 Å². The molecule has 35 heavy (non-hydrogen) atoms. The van der Waals surface area contributed by atoms with Crippen molar-refractivity contribution in [3.8, 4) is 5.75 Å². The summed E-state index contributed by atoms with van der Waals surface area (Å²) in [6, 6.07) is 17.6. The van der Waals surface area contributed by atoms with Gasteiger partial charge in [0.05, 0.1) is 11.8 Å². The topological polar surface area (TPSA) is 76.6 Å². The standard InChI is InChI=1S/C29H24N2O4/c32-27-24-18-11-12-19(21-15-20(18)21)25(24)28(33)31(27)22(14-16-6-2-1-3-7-16)29(34)35-23-10-4-8-17-9-5-13-30-26(17)23/h1-13,18-22,24-25H,14-15H2/t18-,19-,20-,21-,22+,24+,25+/m1/s1. The molecule has 2 aromatic carbocycles. The third-order valence-corrected chi connectivity index (χ3v) is 8.36. The molecule has 8 rings (SSSR count). The van der Waals surface area contributed by atoms with Gasteiger partial charge in [0, 0.05) is 18.0 Å². The fourth-order valence-corrected chi connectivity index (χ4v) is 6.74. The zero-order valence-corrected chi connectivity index (χ0v) is 19.0. The fraction of sp³-hybridized carbons (Fsp3) is 0.310. The molecule has 6 heteroatoms. The predicted molar refractivity (Wildman–Crippen MR) is 128 cm³/mol. The second-order valence-corrected chi connectivity index (χ2v) is 10.2. The van der Waals surface area contributed by atoms with Crippen molar-refractivity contribution >= 4 is 28.7 Å². The van der Waals surface area contributed by atoms with Gasteiger partial charge in [0.2, 0.25) is 11.8 Å². The molecule has 2 heterocycles. The molecule has 2 amide bonds. The lowest BCUT2D eigenvalue weighted by Gasteiger charge is -2.37. The van der Waals surface area contributed by atoms with E-state index in [-0.39, 0.29) is 41.9 Å². The number of rotatable bonds is 5. The van der Waals surface area contributed by atoms with E-state index in [2.05, 4.69) is 17.1 Å². The van der Waals surface area contributed by atoms with Crippen molar-refractivity contribution in [3.63, 3.8) is 0 Å². The zero-order chi connectivity index (χ0) is 23.7. The van der Waals surface area contributed by atoms with E-state index in [4.69, 9.17) is 4.74 Å². The lowest BCUT2D eigenvalue weighted by molar-refractivity contribution is -0.153. The minimum atomic E-state index is -1.03. The summed E-state index contributed by atoms with van der Waals surface area (Å²) in [5.41, 5.74) is 1.43. The number of carbonyl (C=O) groups is 3. The largest absolute Gasteiger partial charge is 0.423 e. The summed E-state index contributed by atoms with van der Waals surface area (Å²) in [7, 11) is 0. The van der Waals surface area contributed by atoms with Crippen molar-refractivity contribution in [1.82, 2.24) is 9.88 Å². The molecule has 2 bridgehead atoms. The maximum Gasteiger partial charge on any atom is 0.335 e. The van der Waals surface area contributed by atoms with Gasteiger partial charge in [-0.3, -0.25) is 19.5 Å². The molecule has 5 aliphatic rings. The summed E-state index contributed by atoms with van der Waals surface area (Å²) in [4.78, 5) is 46.8. The molecule has 1 aromatic heterocycles. The van der Waals surface area contributed by atoms with Crippen LogP contribution in [-0.2, 0) is 20.8 Å². The lowest BCUT2D eigenvalue weighted by Crippen LogP contribution is -2.48. The molecule has 0 radical (unpaired) electrons. The number of aromatic nitrogens is 1. The van der Waals surface area contributed by atoms with E-state index in [0.29, 0.717) is 23.1 Å². The number of likely N-dealkylation sites (tertiary alicyclic amines) is 1. The maximum atomic E-state index is 13.8. The van der Waals surface area contributed by atoms with Gasteiger partial charge in [-0.2, -0.15) is 0 Å². The second-order valence-electron chi connectivity index (χ2n) is 10.2. The molecule has 7 atom stereocenters. The summed E-state index contributed by atoms with van der Waals surface area (Å²) in [6.45, 7) is 0. The van der Waals surface area contributed by atoms with E-state index >= 15 is 0 Å². The number of imide groups is 1. The van der Waals surface area contributed by atoms with E-state index in [0.717, 1.165) is 17.4 Å². The Hall–Kier alpha value is -3.80. The van der Waals surface area contributed by atoms with Gasteiger partial charge in [-0.1, -0.05) is 60.7 Å². The number of ether oxygens (including phenoxy) is 1. The lowest BCUT2D eigenvalue weighted by atomic mass is 9.63. The Morgan fingerprint density at radius 3 is 2.31 bits per heavy atom. The van der Waals surface area contributed by atoms with Crippen molar-refractivity contribution in [3.05, 3.63) is 84.6 Å². The van der Waals surface area contributed by atoms with Crippen LogP contribution in [0.4, 0.5) is 0 Å². The number of hydrogen-bond donors (Lipinski definition) is 0. The van der Waals surface area contributed by atoms with E-state index in [1.807, 2.05) is 48.5 Å². The van der Waals surface area contributed by atoms with Gasteiger partial charge in [0.15, 0.2) is 5.75 Å². The van der Waals surface area contributed by atoms with Gasteiger partial charge >= 0.3 is 5.97 Å². The highest BCUT2D eigenvalue weighted by Crippen LogP contribution is 2.65. The Kier molecular flexibility index (Phi) is 4.47. The van der Waals surface area contributed by atoms with Gasteiger partial charge in [0.1, 0.15) is 11.6 Å². The molecular weight excluding hydrogens is 440 g/mol. The number of pyridine rings is 1. The number of benzene rings is 2. The highest BCUT2D eigenvalue weighted by Gasteiger charge is 2.68. The van der Waals surface area contributed by atoms with Crippen LogP contribution >= 0.6 is 0 Å². The van der Waals surface area contributed by atoms with Crippen molar-refractivity contribution in [1.29, 1.82) is 0 Å². The highest BCUT2D eigenvalue weighted by atomic mass is 16.5. The minimum absolute atomic E-state index is 0.104. The average molecular weight is 465 g/mol. The third-order valence-electron chi connectivity index (χ3n) is 8.36. The number of para-hydroxylation sites is 1. The van der Waals surface area contributed by atoms with Gasteiger partial charge in [0.25, 0.3) is 0 Å². The van der Waals surface area contributed by atoms with Gasteiger partial charge in [-0.05, 0) is 47.8 Å². The number of fused-ring (bicyclic) bond motifs is 1. The SMILES string of the molecule is O=C(Oc1cccc2cccnc12)[C@H](Cc1ccccc1)N1C(=O)[C@H]2[C@@H]3C=C[C@H]([C@H]4C[C@H]34)[C@@H]2C1=O. The van der Waals surface area contributed by atoms with Crippen molar-refractivity contribution in [2.24, 2.45) is 35.5 Å². The van der Waals surface area contributed by atoms with Crippen LogP contribution in [0, 0.1) is 35.5 Å². The maximum absolute atomic E-state index is 13.8. The number of carbonyl (C=O) groups excluding carboxylic acids is 3. The summed E-state index contributed by atoms with van der Waals surface area (Å²) in [5.74, 6) is -0.230. The molecule has 1 aliphatic heterocycles. The van der Waals surface area contributed by atoms with Crippen LogP contribution in [-0.4, -0.2) is 33.7 Å². The molecule has 3 fully saturated rings. The number of nitrogens with zero attached hydrogens (tertiary/aromatic N) is 2. The Bertz CT molecular complexity index is 1360. The van der Waals surface area contributed by atoms with Crippen molar-refractivity contribution in [2.75, 3.05) is 0 Å². The van der Waals surface area contributed by atoms with E-state index < -0.39 is 12.0 Å². The van der Waals surface area contributed by atoms with E-state index in [1.165, 1.54) is 4.90 Å². The van der Waals surface area contributed by atoms with Crippen LogP contribution < -0.4 is 4.74 Å². The van der Waals surface area contributed by atoms with Crippen molar-refractivity contribution < 1.29 is 19.1 Å². The van der Waals surface area contributed by atoms with Crippen LogP contribution in [0.5, 0.6) is 5.75 Å². The highest BCUT2D eigenvalue weighted by molar-refractivity contribution is 6.09. The van der Waals surface area contributed by atoms with Gasteiger partial charge < -0.3 is 4.74 Å². The fourth-order valence-electron chi connectivity index (χ4n) is 6.74. The first-order valence-corrected chi connectivity index (χ1v) is 12.3. The summed E-state index contributed by atoms with van der Waals surface area (Å²) in [5, 5.41) is 0.846. The average Bonchev–Trinajstić information content (AvgIpc) is 3.67. The van der Waals surface area contributed by atoms with Crippen LogP contribution in [0.1, 0.15) is 12.0 Å². The monoisotopic (exact) mass is 464 g/mol.